The summed E-state index contributed by atoms with van der Waals surface area (Å²) in [6.45, 7) is 1.68. The van der Waals surface area contributed by atoms with E-state index in [4.69, 9.17) is 0 Å². The summed E-state index contributed by atoms with van der Waals surface area (Å²) in [6, 6.07) is 14.1. The summed E-state index contributed by atoms with van der Waals surface area (Å²) in [7, 11) is 0. The number of ketones is 1. The van der Waals surface area contributed by atoms with Crippen LogP contribution in [0.15, 0.2) is 54.7 Å². The van der Waals surface area contributed by atoms with Gasteiger partial charge in [-0.2, -0.15) is 0 Å². The molecule has 3 aromatic rings. The fourth-order valence-electron chi connectivity index (χ4n) is 2.35. The van der Waals surface area contributed by atoms with Crippen LogP contribution in [-0.4, -0.2) is 10.8 Å². The molecule has 0 N–H and O–H groups in total. The van der Waals surface area contributed by atoms with E-state index >= 15 is 0 Å². The second-order valence-electron chi connectivity index (χ2n) is 5.05. The molecule has 1 aromatic heterocycles. The molecule has 2 nitrogen and oxygen atoms in total. The topological polar surface area (TPSA) is 30.0 Å². The number of fused-ring (bicyclic) bond motifs is 1. The maximum Gasteiger partial charge on any atom is 0.167 e. The molecule has 0 spiro atoms. The van der Waals surface area contributed by atoms with Crippen molar-refractivity contribution >= 4 is 16.7 Å². The number of carbonyl (C=O) groups excluding carboxylic acids is 1. The molecule has 0 fully saturated rings. The van der Waals surface area contributed by atoms with Crippen molar-refractivity contribution < 1.29 is 9.18 Å². The lowest BCUT2D eigenvalue weighted by Gasteiger charge is -2.06. The number of benzene rings is 2. The zero-order valence-corrected chi connectivity index (χ0v) is 11.6. The van der Waals surface area contributed by atoms with Gasteiger partial charge in [0.05, 0.1) is 5.52 Å². The Kier molecular flexibility index (Phi) is 3.48. The van der Waals surface area contributed by atoms with Crippen LogP contribution in [0, 0.1) is 12.7 Å². The summed E-state index contributed by atoms with van der Waals surface area (Å²) in [5, 5.41) is 0.959. The molecule has 3 heteroatoms. The van der Waals surface area contributed by atoms with Gasteiger partial charge in [-0.3, -0.25) is 9.78 Å². The first-order valence-electron chi connectivity index (χ1n) is 6.77. The number of hydrogen-bond donors (Lipinski definition) is 0. The van der Waals surface area contributed by atoms with E-state index in [1.807, 2.05) is 30.3 Å². The van der Waals surface area contributed by atoms with Crippen LogP contribution in [0.4, 0.5) is 4.39 Å². The summed E-state index contributed by atoms with van der Waals surface area (Å²) in [5.41, 5.74) is 2.71. The van der Waals surface area contributed by atoms with Gasteiger partial charge in [-0.05, 0) is 36.2 Å². The Morgan fingerprint density at radius 3 is 2.76 bits per heavy atom. The van der Waals surface area contributed by atoms with E-state index < -0.39 is 0 Å². The second kappa shape index (κ2) is 5.44. The first kappa shape index (κ1) is 13.4. The molecule has 0 unspecified atom stereocenters. The number of nitrogens with zero attached hydrogens (tertiary/aromatic N) is 1. The fraction of sp³-hybridized carbons (Fsp3) is 0.111. The third kappa shape index (κ3) is 2.68. The first-order chi connectivity index (χ1) is 10.1. The smallest absolute Gasteiger partial charge is 0.167 e. The van der Waals surface area contributed by atoms with Crippen LogP contribution < -0.4 is 0 Å². The van der Waals surface area contributed by atoms with Gasteiger partial charge in [0.15, 0.2) is 5.78 Å². The molecular weight excluding hydrogens is 265 g/mol. The number of halogens is 1. The lowest BCUT2D eigenvalue weighted by Crippen LogP contribution is -2.05. The minimum Gasteiger partial charge on any atom is -0.294 e. The van der Waals surface area contributed by atoms with E-state index in [1.54, 1.807) is 25.3 Å². The van der Waals surface area contributed by atoms with Crippen LogP contribution in [0.25, 0.3) is 10.9 Å². The van der Waals surface area contributed by atoms with E-state index in [1.165, 1.54) is 6.07 Å². The molecule has 0 saturated carbocycles. The molecule has 1 heterocycles. The Bertz CT molecular complexity index is 821. The number of aryl methyl sites for hydroxylation is 1. The third-order valence-corrected chi connectivity index (χ3v) is 3.58. The molecule has 0 aliphatic rings. The van der Waals surface area contributed by atoms with Gasteiger partial charge in [-0.25, -0.2) is 4.39 Å². The highest BCUT2D eigenvalue weighted by atomic mass is 19.1. The Hall–Kier alpha value is -2.55. The Labute approximate surface area is 122 Å². The van der Waals surface area contributed by atoms with E-state index in [0.717, 1.165) is 16.5 Å². The molecule has 0 bridgehead atoms. The summed E-state index contributed by atoms with van der Waals surface area (Å²) in [6.07, 6.45) is 1.94. The van der Waals surface area contributed by atoms with Crippen LogP contribution in [0.5, 0.6) is 0 Å². The van der Waals surface area contributed by atoms with Gasteiger partial charge < -0.3 is 0 Å². The monoisotopic (exact) mass is 279 g/mol. The highest BCUT2D eigenvalue weighted by molar-refractivity contribution is 5.99. The molecule has 0 aliphatic carbocycles. The fourth-order valence-corrected chi connectivity index (χ4v) is 2.35. The number of hydrogen-bond acceptors (Lipinski definition) is 2. The molecule has 0 atom stereocenters. The van der Waals surface area contributed by atoms with Crippen LogP contribution >= 0.6 is 0 Å². The maximum absolute atomic E-state index is 13.6. The predicted molar refractivity (Wildman–Crippen MR) is 80.9 cm³/mol. The minimum absolute atomic E-state index is 0.0924. The SMILES string of the molecule is Cc1ccc(C(=O)Cc2ccnc3ccccc23)cc1F. The van der Waals surface area contributed by atoms with Gasteiger partial charge in [0.25, 0.3) is 0 Å². The number of carbonyl (C=O) groups is 1. The van der Waals surface area contributed by atoms with Crippen molar-refractivity contribution in [1.29, 1.82) is 0 Å². The van der Waals surface area contributed by atoms with Crippen molar-refractivity contribution in [3.05, 3.63) is 77.2 Å². The lowest BCUT2D eigenvalue weighted by atomic mass is 9.99. The number of pyridine rings is 1. The molecule has 21 heavy (non-hydrogen) atoms. The molecular formula is C18H14FNO. The highest BCUT2D eigenvalue weighted by Gasteiger charge is 2.11. The minimum atomic E-state index is -0.347. The number of Topliss-reactive ketones (excluding diaryl/α,β-unsaturated/α-hetero) is 1. The standard InChI is InChI=1S/C18H14FNO/c1-12-6-7-14(10-16(12)19)18(21)11-13-8-9-20-17-5-3-2-4-15(13)17/h2-10H,11H2,1H3. The van der Waals surface area contributed by atoms with E-state index in [2.05, 4.69) is 4.98 Å². The van der Waals surface area contributed by atoms with E-state index in [0.29, 0.717) is 11.1 Å². The molecule has 0 saturated heterocycles. The van der Waals surface area contributed by atoms with Gasteiger partial charge in [0.1, 0.15) is 5.82 Å². The normalized spacial score (nSPS) is 10.8. The summed E-state index contributed by atoms with van der Waals surface area (Å²) < 4.78 is 13.6. The molecule has 3 rings (SSSR count). The number of para-hydroxylation sites is 1. The first-order valence-corrected chi connectivity index (χ1v) is 6.77. The average Bonchev–Trinajstić information content (AvgIpc) is 2.50. The molecule has 0 radical (unpaired) electrons. The van der Waals surface area contributed by atoms with Crippen LogP contribution in [0.1, 0.15) is 21.5 Å². The van der Waals surface area contributed by atoms with Crippen molar-refractivity contribution in [3.8, 4) is 0 Å². The lowest BCUT2D eigenvalue weighted by molar-refractivity contribution is 0.0993. The molecule has 0 aliphatic heterocycles. The molecule has 0 amide bonds. The third-order valence-electron chi connectivity index (χ3n) is 3.58. The summed E-state index contributed by atoms with van der Waals surface area (Å²) >= 11 is 0. The van der Waals surface area contributed by atoms with E-state index in [-0.39, 0.29) is 18.0 Å². The largest absolute Gasteiger partial charge is 0.294 e. The van der Waals surface area contributed by atoms with Crippen molar-refractivity contribution in [1.82, 2.24) is 4.98 Å². The zero-order chi connectivity index (χ0) is 14.8. The predicted octanol–water partition coefficient (Wildman–Crippen LogP) is 4.11. The highest BCUT2D eigenvalue weighted by Crippen LogP contribution is 2.19. The van der Waals surface area contributed by atoms with Gasteiger partial charge in [0, 0.05) is 23.6 Å². The Balaban J connectivity index is 1.94. The Morgan fingerprint density at radius 1 is 1.14 bits per heavy atom. The van der Waals surface area contributed by atoms with Crippen molar-refractivity contribution in [2.75, 3.05) is 0 Å². The van der Waals surface area contributed by atoms with Crippen molar-refractivity contribution in [2.45, 2.75) is 13.3 Å². The maximum atomic E-state index is 13.6. The summed E-state index contributed by atoms with van der Waals surface area (Å²) in [5.74, 6) is -0.439. The summed E-state index contributed by atoms with van der Waals surface area (Å²) in [4.78, 5) is 16.6. The van der Waals surface area contributed by atoms with Gasteiger partial charge in [0.2, 0.25) is 0 Å². The number of rotatable bonds is 3. The van der Waals surface area contributed by atoms with E-state index in [9.17, 15) is 9.18 Å². The molecule has 104 valence electrons. The van der Waals surface area contributed by atoms with Gasteiger partial charge in [-0.1, -0.05) is 30.3 Å². The number of aromatic nitrogens is 1. The average molecular weight is 279 g/mol. The van der Waals surface area contributed by atoms with Crippen molar-refractivity contribution in [2.24, 2.45) is 0 Å². The molecule has 2 aromatic carbocycles. The van der Waals surface area contributed by atoms with Crippen molar-refractivity contribution in [3.63, 3.8) is 0 Å². The van der Waals surface area contributed by atoms with Crippen LogP contribution in [0.2, 0.25) is 0 Å². The van der Waals surface area contributed by atoms with Gasteiger partial charge in [-0.15, -0.1) is 0 Å². The second-order valence-corrected chi connectivity index (χ2v) is 5.05. The quantitative estimate of drug-likeness (QED) is 0.675. The Morgan fingerprint density at radius 2 is 1.95 bits per heavy atom. The van der Waals surface area contributed by atoms with Crippen LogP contribution in [-0.2, 0) is 6.42 Å². The van der Waals surface area contributed by atoms with Gasteiger partial charge >= 0.3 is 0 Å². The zero-order valence-electron chi connectivity index (χ0n) is 11.6. The van der Waals surface area contributed by atoms with Crippen LogP contribution in [0.3, 0.4) is 0 Å².